The number of nitrogens with zero attached hydrogens (tertiary/aromatic N) is 1. The van der Waals surface area contributed by atoms with E-state index in [9.17, 15) is 9.50 Å². The van der Waals surface area contributed by atoms with Crippen LogP contribution in [0.25, 0.3) is 0 Å². The molecule has 0 saturated heterocycles. The Labute approximate surface area is 94.7 Å². The Hall–Kier alpha value is -1.16. The summed E-state index contributed by atoms with van der Waals surface area (Å²) in [5.41, 5.74) is 0.777. The maximum absolute atomic E-state index is 12.8. The van der Waals surface area contributed by atoms with E-state index in [1.807, 2.05) is 0 Å². The third-order valence-electron chi connectivity index (χ3n) is 3.14. The van der Waals surface area contributed by atoms with E-state index in [0.29, 0.717) is 5.92 Å². The second-order valence-corrected chi connectivity index (χ2v) is 4.42. The third-order valence-corrected chi connectivity index (χ3v) is 3.14. The molecule has 0 amide bonds. The Kier molecular flexibility index (Phi) is 3.72. The molecule has 88 valence electrons. The van der Waals surface area contributed by atoms with Gasteiger partial charge in [-0.25, -0.2) is 4.98 Å². The number of aromatic nitrogens is 1. The lowest BCUT2D eigenvalue weighted by Gasteiger charge is -2.25. The topological polar surface area (TPSA) is 45.1 Å². The molecule has 2 rings (SSSR count). The van der Waals surface area contributed by atoms with Crippen molar-refractivity contribution < 1.29 is 9.50 Å². The zero-order chi connectivity index (χ0) is 11.4. The van der Waals surface area contributed by atoms with Gasteiger partial charge < -0.3 is 10.4 Å². The van der Waals surface area contributed by atoms with Gasteiger partial charge >= 0.3 is 0 Å². The molecule has 1 aliphatic carbocycles. The second kappa shape index (κ2) is 5.25. The fourth-order valence-electron chi connectivity index (χ4n) is 2.12. The van der Waals surface area contributed by atoms with Crippen LogP contribution >= 0.6 is 0 Å². The number of hydrogen-bond acceptors (Lipinski definition) is 3. The molecule has 16 heavy (non-hydrogen) atoms. The zero-order valence-electron chi connectivity index (χ0n) is 9.19. The van der Waals surface area contributed by atoms with E-state index in [0.717, 1.165) is 37.9 Å². The highest BCUT2D eigenvalue weighted by Crippen LogP contribution is 2.24. The summed E-state index contributed by atoms with van der Waals surface area (Å²) in [5.74, 6) is 0.128. The molecule has 1 aliphatic rings. The summed E-state index contributed by atoms with van der Waals surface area (Å²) in [7, 11) is 0. The molecule has 1 heterocycles. The first-order valence-corrected chi connectivity index (χ1v) is 5.77. The number of hydrogen-bond donors (Lipinski definition) is 2. The summed E-state index contributed by atoms with van der Waals surface area (Å²) in [6.45, 7) is 0.843. The number of pyridine rings is 1. The van der Waals surface area contributed by atoms with Gasteiger partial charge in [-0.05, 0) is 37.7 Å². The fraction of sp³-hybridized carbons (Fsp3) is 0.583. The first kappa shape index (κ1) is 11.3. The van der Waals surface area contributed by atoms with Crippen molar-refractivity contribution >= 4 is 5.69 Å². The Morgan fingerprint density at radius 3 is 2.81 bits per heavy atom. The molecule has 1 fully saturated rings. The molecule has 2 N–H and O–H groups in total. The summed E-state index contributed by atoms with van der Waals surface area (Å²) in [4.78, 5) is 3.50. The molecular formula is C12H17FN2O. The molecule has 1 saturated carbocycles. The Morgan fingerprint density at radius 2 is 2.12 bits per heavy atom. The molecule has 0 bridgehead atoms. The minimum absolute atomic E-state index is 0.116. The van der Waals surface area contributed by atoms with Crippen molar-refractivity contribution in [2.75, 3.05) is 11.9 Å². The van der Waals surface area contributed by atoms with E-state index < -0.39 is 5.95 Å². The fourth-order valence-corrected chi connectivity index (χ4v) is 2.12. The normalized spacial score (nSPS) is 25.4. The number of anilines is 1. The lowest BCUT2D eigenvalue weighted by Crippen LogP contribution is -2.23. The van der Waals surface area contributed by atoms with Gasteiger partial charge in [0.15, 0.2) is 0 Å². The van der Waals surface area contributed by atoms with Gasteiger partial charge in [-0.2, -0.15) is 4.39 Å². The number of aliphatic hydroxyl groups excluding tert-OH is 1. The molecule has 1 aromatic heterocycles. The average Bonchev–Trinajstić information content (AvgIpc) is 2.28. The summed E-state index contributed by atoms with van der Waals surface area (Å²) in [5, 5.41) is 12.6. The highest BCUT2D eigenvalue weighted by molar-refractivity contribution is 5.41. The van der Waals surface area contributed by atoms with Crippen LogP contribution in [-0.4, -0.2) is 22.7 Å². The Bertz CT molecular complexity index is 338. The Balaban J connectivity index is 1.79. The van der Waals surface area contributed by atoms with Crippen molar-refractivity contribution in [1.82, 2.24) is 4.98 Å². The molecule has 0 radical (unpaired) electrons. The van der Waals surface area contributed by atoms with E-state index in [2.05, 4.69) is 10.3 Å². The summed E-state index contributed by atoms with van der Waals surface area (Å²) >= 11 is 0. The van der Waals surface area contributed by atoms with Gasteiger partial charge in [0, 0.05) is 24.5 Å². The molecule has 3 nitrogen and oxygen atoms in total. The molecular weight excluding hydrogens is 207 g/mol. The molecule has 0 aliphatic heterocycles. The van der Waals surface area contributed by atoms with Crippen LogP contribution in [0.1, 0.15) is 25.7 Å². The number of aliphatic hydroxyl groups is 1. The van der Waals surface area contributed by atoms with E-state index in [1.165, 1.54) is 12.3 Å². The van der Waals surface area contributed by atoms with Crippen molar-refractivity contribution in [2.45, 2.75) is 31.8 Å². The van der Waals surface area contributed by atoms with Crippen LogP contribution < -0.4 is 5.32 Å². The van der Waals surface area contributed by atoms with Gasteiger partial charge in [0.2, 0.25) is 5.95 Å². The summed E-state index contributed by atoms with van der Waals surface area (Å²) in [6.07, 6.45) is 5.20. The van der Waals surface area contributed by atoms with E-state index in [1.54, 1.807) is 6.07 Å². The van der Waals surface area contributed by atoms with Crippen molar-refractivity contribution in [3.05, 3.63) is 24.3 Å². The average molecular weight is 224 g/mol. The third kappa shape index (κ3) is 3.17. The van der Waals surface area contributed by atoms with E-state index in [4.69, 9.17) is 0 Å². The monoisotopic (exact) mass is 224 g/mol. The lowest BCUT2D eigenvalue weighted by atomic mass is 9.87. The zero-order valence-corrected chi connectivity index (χ0v) is 9.19. The van der Waals surface area contributed by atoms with Crippen LogP contribution in [0.4, 0.5) is 10.1 Å². The number of nitrogens with one attached hydrogen (secondary N) is 1. The van der Waals surface area contributed by atoms with E-state index >= 15 is 0 Å². The van der Waals surface area contributed by atoms with E-state index in [-0.39, 0.29) is 6.10 Å². The van der Waals surface area contributed by atoms with Crippen molar-refractivity contribution in [3.63, 3.8) is 0 Å². The summed E-state index contributed by atoms with van der Waals surface area (Å²) < 4.78 is 12.8. The predicted molar refractivity (Wildman–Crippen MR) is 60.6 cm³/mol. The highest BCUT2D eigenvalue weighted by atomic mass is 19.1. The van der Waals surface area contributed by atoms with Crippen LogP contribution in [0.5, 0.6) is 0 Å². The lowest BCUT2D eigenvalue weighted by molar-refractivity contribution is 0.111. The van der Waals surface area contributed by atoms with Crippen LogP contribution in [0.15, 0.2) is 18.3 Å². The molecule has 4 heteroatoms. The second-order valence-electron chi connectivity index (χ2n) is 4.42. The first-order chi connectivity index (χ1) is 7.74. The molecule has 1 aromatic rings. The van der Waals surface area contributed by atoms with Crippen LogP contribution in [0.3, 0.4) is 0 Å². The SMILES string of the molecule is OC1CCC(CNc2ccnc(F)c2)CC1. The minimum atomic E-state index is -0.455. The van der Waals surface area contributed by atoms with Crippen molar-refractivity contribution in [3.8, 4) is 0 Å². The summed E-state index contributed by atoms with van der Waals surface area (Å²) in [6, 6.07) is 3.17. The number of halogens is 1. The van der Waals surface area contributed by atoms with Gasteiger partial charge in [-0.15, -0.1) is 0 Å². The molecule has 0 atom stereocenters. The van der Waals surface area contributed by atoms with Crippen LogP contribution in [0, 0.1) is 11.9 Å². The standard InChI is InChI=1S/C12H17FN2O/c13-12-7-10(5-6-14-12)15-8-9-1-3-11(16)4-2-9/h5-7,9,11,16H,1-4,8H2,(H,14,15). The van der Waals surface area contributed by atoms with Gasteiger partial charge in [0.1, 0.15) is 0 Å². The van der Waals surface area contributed by atoms with Crippen molar-refractivity contribution in [1.29, 1.82) is 0 Å². The van der Waals surface area contributed by atoms with Gasteiger partial charge in [0.05, 0.1) is 6.10 Å². The molecule has 0 aromatic carbocycles. The van der Waals surface area contributed by atoms with Gasteiger partial charge in [-0.1, -0.05) is 0 Å². The van der Waals surface area contributed by atoms with Gasteiger partial charge in [0.25, 0.3) is 0 Å². The molecule has 0 spiro atoms. The highest BCUT2D eigenvalue weighted by Gasteiger charge is 2.18. The first-order valence-electron chi connectivity index (χ1n) is 5.77. The van der Waals surface area contributed by atoms with Crippen molar-refractivity contribution in [2.24, 2.45) is 5.92 Å². The maximum Gasteiger partial charge on any atom is 0.214 e. The Morgan fingerprint density at radius 1 is 1.38 bits per heavy atom. The quantitative estimate of drug-likeness (QED) is 0.773. The smallest absolute Gasteiger partial charge is 0.214 e. The predicted octanol–water partition coefficient (Wildman–Crippen LogP) is 2.18. The van der Waals surface area contributed by atoms with Crippen LogP contribution in [-0.2, 0) is 0 Å². The molecule has 0 unspecified atom stereocenters. The van der Waals surface area contributed by atoms with Gasteiger partial charge in [-0.3, -0.25) is 0 Å². The minimum Gasteiger partial charge on any atom is -0.393 e. The number of rotatable bonds is 3. The maximum atomic E-state index is 12.8. The largest absolute Gasteiger partial charge is 0.393 e. The van der Waals surface area contributed by atoms with Crippen LogP contribution in [0.2, 0.25) is 0 Å².